The number of para-hydroxylation sites is 2. The van der Waals surface area contributed by atoms with Crippen LogP contribution in [-0.2, 0) is 0 Å². The van der Waals surface area contributed by atoms with Gasteiger partial charge in [-0.25, -0.2) is 0 Å². The van der Waals surface area contributed by atoms with Gasteiger partial charge in [0.2, 0.25) is 0 Å². The SMILES string of the molecule is c1ccc(-c2ccc(-c3ccc4c(c3)Sc3ccccc3N4c3ccccc3)nc2)cc1. The molecule has 1 aliphatic rings. The average Bonchev–Trinajstić information content (AvgIpc) is 2.88. The normalized spacial score (nSPS) is 12.2. The van der Waals surface area contributed by atoms with Crippen molar-refractivity contribution in [1.29, 1.82) is 0 Å². The van der Waals surface area contributed by atoms with Crippen molar-refractivity contribution in [1.82, 2.24) is 4.98 Å². The maximum Gasteiger partial charge on any atom is 0.0702 e. The second-order valence-electron chi connectivity index (χ2n) is 7.72. The largest absolute Gasteiger partial charge is 0.308 e. The van der Waals surface area contributed by atoms with E-state index in [1.165, 1.54) is 32.4 Å². The number of hydrogen-bond donors (Lipinski definition) is 0. The van der Waals surface area contributed by atoms with Gasteiger partial charge in [0, 0.05) is 32.8 Å². The molecule has 0 fully saturated rings. The van der Waals surface area contributed by atoms with Crippen molar-refractivity contribution in [2.45, 2.75) is 9.79 Å². The van der Waals surface area contributed by atoms with Gasteiger partial charge < -0.3 is 4.90 Å². The molecule has 32 heavy (non-hydrogen) atoms. The summed E-state index contributed by atoms with van der Waals surface area (Å²) < 4.78 is 0. The maximum atomic E-state index is 4.77. The molecule has 0 saturated heterocycles. The van der Waals surface area contributed by atoms with E-state index in [1.807, 2.05) is 24.0 Å². The second kappa shape index (κ2) is 8.03. The summed E-state index contributed by atoms with van der Waals surface area (Å²) in [5, 5.41) is 0. The van der Waals surface area contributed by atoms with Crippen molar-refractivity contribution in [2.24, 2.45) is 0 Å². The summed E-state index contributed by atoms with van der Waals surface area (Å²) in [5.74, 6) is 0. The van der Waals surface area contributed by atoms with Gasteiger partial charge in [-0.3, -0.25) is 4.98 Å². The highest BCUT2D eigenvalue weighted by Crippen LogP contribution is 2.51. The zero-order valence-electron chi connectivity index (χ0n) is 17.3. The Balaban J connectivity index is 1.41. The smallest absolute Gasteiger partial charge is 0.0702 e. The highest BCUT2D eigenvalue weighted by atomic mass is 32.2. The molecule has 6 rings (SSSR count). The quantitative estimate of drug-likeness (QED) is 0.282. The number of fused-ring (bicyclic) bond motifs is 2. The second-order valence-corrected chi connectivity index (χ2v) is 8.81. The van der Waals surface area contributed by atoms with E-state index in [0.717, 1.165) is 16.8 Å². The van der Waals surface area contributed by atoms with Crippen molar-refractivity contribution in [3.63, 3.8) is 0 Å². The summed E-state index contributed by atoms with van der Waals surface area (Å²) in [6, 6.07) is 40.4. The van der Waals surface area contributed by atoms with Crippen LogP contribution >= 0.6 is 11.8 Å². The monoisotopic (exact) mass is 428 g/mol. The van der Waals surface area contributed by atoms with Gasteiger partial charge in [-0.05, 0) is 48.0 Å². The summed E-state index contributed by atoms with van der Waals surface area (Å²) in [6.45, 7) is 0. The highest BCUT2D eigenvalue weighted by Gasteiger charge is 2.24. The van der Waals surface area contributed by atoms with Crippen LogP contribution in [0.3, 0.4) is 0 Å². The third-order valence-corrected chi connectivity index (χ3v) is 6.82. The third-order valence-electron chi connectivity index (χ3n) is 5.71. The number of aromatic nitrogens is 1. The lowest BCUT2D eigenvalue weighted by atomic mass is 10.1. The van der Waals surface area contributed by atoms with Crippen molar-refractivity contribution in [3.05, 3.63) is 121 Å². The predicted octanol–water partition coefficient (Wildman–Crippen LogP) is 8.35. The zero-order chi connectivity index (χ0) is 21.3. The maximum absolute atomic E-state index is 4.77. The molecule has 2 nitrogen and oxygen atoms in total. The first kappa shape index (κ1) is 18.9. The summed E-state index contributed by atoms with van der Waals surface area (Å²) in [7, 11) is 0. The molecule has 2 heterocycles. The first-order valence-electron chi connectivity index (χ1n) is 10.6. The Morgan fingerprint density at radius 3 is 2.00 bits per heavy atom. The summed E-state index contributed by atoms with van der Waals surface area (Å²) in [6.07, 6.45) is 1.96. The minimum atomic E-state index is 0.984. The third kappa shape index (κ3) is 3.37. The Kier molecular flexibility index (Phi) is 4.74. The minimum Gasteiger partial charge on any atom is -0.308 e. The Morgan fingerprint density at radius 1 is 0.531 bits per heavy atom. The fourth-order valence-electron chi connectivity index (χ4n) is 4.14. The molecule has 1 aromatic heterocycles. The van der Waals surface area contributed by atoms with Gasteiger partial charge in [-0.15, -0.1) is 0 Å². The molecule has 1 aliphatic heterocycles. The van der Waals surface area contributed by atoms with Gasteiger partial charge in [0.25, 0.3) is 0 Å². The predicted molar refractivity (Wildman–Crippen MR) is 134 cm³/mol. The standard InChI is InChI=1S/C29H20N2S/c1-3-9-21(10-4-1)23-15-17-25(30-20-23)22-16-18-27-29(19-22)32-28-14-8-7-13-26(28)31(27)24-11-5-2-6-12-24/h1-20H. The summed E-state index contributed by atoms with van der Waals surface area (Å²) >= 11 is 1.82. The van der Waals surface area contributed by atoms with Gasteiger partial charge in [0.15, 0.2) is 0 Å². The van der Waals surface area contributed by atoms with Crippen LogP contribution in [0, 0.1) is 0 Å². The molecule has 3 heteroatoms. The van der Waals surface area contributed by atoms with Gasteiger partial charge in [-0.2, -0.15) is 0 Å². The highest BCUT2D eigenvalue weighted by molar-refractivity contribution is 7.99. The number of rotatable bonds is 3. The van der Waals surface area contributed by atoms with Gasteiger partial charge in [0.05, 0.1) is 17.1 Å². The fourth-order valence-corrected chi connectivity index (χ4v) is 5.23. The number of nitrogens with zero attached hydrogens (tertiary/aromatic N) is 2. The minimum absolute atomic E-state index is 0.984. The van der Waals surface area contributed by atoms with Crippen LogP contribution in [0.25, 0.3) is 22.4 Å². The van der Waals surface area contributed by atoms with Crippen LogP contribution in [0.2, 0.25) is 0 Å². The van der Waals surface area contributed by atoms with E-state index < -0.39 is 0 Å². The lowest BCUT2D eigenvalue weighted by Gasteiger charge is -2.33. The molecule has 0 bridgehead atoms. The Labute approximate surface area is 192 Å². The number of hydrogen-bond acceptors (Lipinski definition) is 3. The fraction of sp³-hybridized carbons (Fsp3) is 0. The van der Waals surface area contributed by atoms with Crippen LogP contribution in [0.4, 0.5) is 17.1 Å². The topological polar surface area (TPSA) is 16.1 Å². The molecular weight excluding hydrogens is 408 g/mol. The van der Waals surface area contributed by atoms with Crippen LogP contribution in [0.15, 0.2) is 131 Å². The Bertz CT molecular complexity index is 1380. The number of benzene rings is 4. The van der Waals surface area contributed by atoms with Crippen LogP contribution in [-0.4, -0.2) is 4.98 Å². The van der Waals surface area contributed by atoms with Crippen LogP contribution in [0.1, 0.15) is 0 Å². The van der Waals surface area contributed by atoms with Crippen molar-refractivity contribution >= 4 is 28.8 Å². The van der Waals surface area contributed by atoms with Gasteiger partial charge >= 0.3 is 0 Å². The molecule has 0 radical (unpaired) electrons. The lowest BCUT2D eigenvalue weighted by Crippen LogP contribution is -2.14. The Hall–Kier alpha value is -3.82. The van der Waals surface area contributed by atoms with E-state index in [-0.39, 0.29) is 0 Å². The first-order chi connectivity index (χ1) is 15.9. The first-order valence-corrected chi connectivity index (χ1v) is 11.5. The molecule has 0 N–H and O–H groups in total. The Morgan fingerprint density at radius 2 is 1.22 bits per heavy atom. The van der Waals surface area contributed by atoms with Crippen LogP contribution < -0.4 is 4.90 Å². The molecule has 0 aliphatic carbocycles. The van der Waals surface area contributed by atoms with E-state index >= 15 is 0 Å². The zero-order valence-corrected chi connectivity index (χ0v) is 18.2. The van der Waals surface area contributed by atoms with E-state index in [9.17, 15) is 0 Å². The lowest BCUT2D eigenvalue weighted by molar-refractivity contribution is 1.16. The van der Waals surface area contributed by atoms with Crippen molar-refractivity contribution in [3.8, 4) is 22.4 Å². The molecule has 0 unspecified atom stereocenters. The van der Waals surface area contributed by atoms with Gasteiger partial charge in [0.1, 0.15) is 0 Å². The molecule has 152 valence electrons. The van der Waals surface area contributed by atoms with Crippen LogP contribution in [0.5, 0.6) is 0 Å². The number of pyridine rings is 1. The van der Waals surface area contributed by atoms with Crippen molar-refractivity contribution in [2.75, 3.05) is 4.90 Å². The average molecular weight is 429 g/mol. The van der Waals surface area contributed by atoms with E-state index in [2.05, 4.69) is 114 Å². The van der Waals surface area contributed by atoms with Crippen molar-refractivity contribution < 1.29 is 0 Å². The van der Waals surface area contributed by atoms with Gasteiger partial charge in [-0.1, -0.05) is 84.6 Å². The van der Waals surface area contributed by atoms with E-state index in [1.54, 1.807) is 0 Å². The van der Waals surface area contributed by atoms with E-state index in [0.29, 0.717) is 0 Å². The number of anilines is 3. The molecule has 0 saturated carbocycles. The summed E-state index contributed by atoms with van der Waals surface area (Å²) in [5.41, 5.74) is 8.01. The molecule has 4 aromatic carbocycles. The molecule has 0 amide bonds. The molecular formula is C29H20N2S. The molecule has 0 atom stereocenters. The molecule has 0 spiro atoms. The molecule has 5 aromatic rings. The van der Waals surface area contributed by atoms with E-state index in [4.69, 9.17) is 4.98 Å². The summed E-state index contributed by atoms with van der Waals surface area (Å²) in [4.78, 5) is 9.61.